The molecule has 0 saturated carbocycles. The number of hydrogen-bond donors (Lipinski definition) is 1. The zero-order chi connectivity index (χ0) is 7.21. The lowest BCUT2D eigenvalue weighted by atomic mass is 11.7. The number of hydrogen-bond acceptors (Lipinski definition) is 2. The van der Waals surface area contributed by atoms with Crippen LogP contribution in [0.1, 0.15) is 0 Å². The summed E-state index contributed by atoms with van der Waals surface area (Å²) in [5, 5.41) is 5.40. The second-order valence-electron chi connectivity index (χ2n) is 3.10. The number of isocyanates is 1. The van der Waals surface area contributed by atoms with Crippen molar-refractivity contribution in [3.8, 4) is 0 Å². The van der Waals surface area contributed by atoms with Crippen molar-refractivity contribution >= 4 is 14.2 Å². The lowest BCUT2D eigenvalue weighted by Crippen LogP contribution is -2.10. The third kappa shape index (κ3) is 728. The molecule has 0 aromatic carbocycles. The van der Waals surface area contributed by atoms with Crippen LogP contribution in [0.3, 0.4) is 0 Å². The van der Waals surface area contributed by atoms with E-state index in [4.69, 9.17) is 10.2 Å². The average Bonchev–Trinajstić information content (AvgIpc) is 1.27. The van der Waals surface area contributed by atoms with Gasteiger partial charge in [-0.3, -0.25) is 0 Å². The van der Waals surface area contributed by atoms with Gasteiger partial charge in [0, 0.05) is 8.07 Å². The Kier molecular flexibility index (Phi) is 6.26. The summed E-state index contributed by atoms with van der Waals surface area (Å²) in [4.78, 5) is 8.35. The monoisotopic (exact) mass is 131 g/mol. The molecule has 0 radical (unpaired) electrons. The topological polar surface area (TPSA) is 40.9 Å². The van der Waals surface area contributed by atoms with Crippen LogP contribution in [0.4, 0.5) is 0 Å². The zero-order valence-corrected chi connectivity index (χ0v) is 6.91. The zero-order valence-electron chi connectivity index (χ0n) is 5.91. The Morgan fingerprint density at radius 2 is 1.25 bits per heavy atom. The molecule has 2 nitrogen and oxygen atoms in total. The summed E-state index contributed by atoms with van der Waals surface area (Å²) in [6.45, 7) is 9.31. The van der Waals surface area contributed by atoms with Gasteiger partial charge in [-0.2, -0.15) is 0 Å². The molecule has 48 valence electrons. The molecule has 8 heavy (non-hydrogen) atoms. The van der Waals surface area contributed by atoms with Crippen molar-refractivity contribution in [1.29, 1.82) is 5.41 Å². The van der Waals surface area contributed by atoms with E-state index in [0.29, 0.717) is 0 Å². The molecule has 0 aliphatic rings. The molecule has 0 aromatic heterocycles. The highest BCUT2D eigenvalue weighted by atomic mass is 28.3. The highest BCUT2D eigenvalue weighted by molar-refractivity contribution is 6.74. The second-order valence-corrected chi connectivity index (χ2v) is 9.10. The molecule has 0 spiro atoms. The van der Waals surface area contributed by atoms with E-state index in [-0.39, 0.29) is 0 Å². The van der Waals surface area contributed by atoms with Crippen molar-refractivity contribution in [2.24, 2.45) is 0 Å². The van der Waals surface area contributed by atoms with Crippen molar-refractivity contribution in [1.82, 2.24) is 0 Å². The molecule has 0 aromatic rings. The fraction of sp³-hybridized carbons (Fsp3) is 0.800. The van der Waals surface area contributed by atoms with Crippen LogP contribution in [0.5, 0.6) is 0 Å². The maximum absolute atomic E-state index is 8.35. The van der Waals surface area contributed by atoms with Crippen molar-refractivity contribution in [2.75, 3.05) is 0 Å². The van der Waals surface area contributed by atoms with Crippen LogP contribution in [0.25, 0.3) is 0 Å². The molecule has 0 heterocycles. The van der Waals surface area contributed by atoms with Gasteiger partial charge in [0.2, 0.25) is 6.08 Å². The molecule has 0 saturated heterocycles. The molecule has 0 aliphatic heterocycles. The molecule has 1 N–H and O–H groups in total. The Morgan fingerprint density at radius 3 is 1.25 bits per heavy atom. The van der Waals surface area contributed by atoms with Crippen LogP contribution in [-0.2, 0) is 4.79 Å². The highest BCUT2D eigenvalue weighted by Crippen LogP contribution is 1.94. The molecular formula is C5H13NOSi. The van der Waals surface area contributed by atoms with Gasteiger partial charge in [-0.05, 0) is 0 Å². The molecule has 3 heteroatoms. The first-order chi connectivity index (χ1) is 3.41. The molecule has 0 unspecified atom stereocenters. The van der Waals surface area contributed by atoms with E-state index in [9.17, 15) is 0 Å². The van der Waals surface area contributed by atoms with Gasteiger partial charge in [0.1, 0.15) is 0 Å². The summed E-state index contributed by atoms with van der Waals surface area (Å²) in [5.74, 6) is 0. The van der Waals surface area contributed by atoms with E-state index in [2.05, 4.69) is 26.2 Å². The number of carbonyl (C=O) groups excluding carboxylic acids is 1. The van der Waals surface area contributed by atoms with Crippen LogP contribution in [0.15, 0.2) is 0 Å². The van der Waals surface area contributed by atoms with Crippen molar-refractivity contribution in [3.05, 3.63) is 0 Å². The molecule has 0 rings (SSSR count). The summed E-state index contributed by atoms with van der Waals surface area (Å²) < 4.78 is 0. The van der Waals surface area contributed by atoms with Crippen LogP contribution in [0.2, 0.25) is 26.2 Å². The fourth-order valence-electron chi connectivity index (χ4n) is 0. The van der Waals surface area contributed by atoms with Crippen LogP contribution >= 0.6 is 0 Å². The summed E-state index contributed by atoms with van der Waals surface area (Å²) in [5.41, 5.74) is 0. The standard InChI is InChI=1S/C4H12Si.CHNO/c1-5(2,3)4;2-1-3/h1-4H3;2H. The third-order valence-electron chi connectivity index (χ3n) is 0. The van der Waals surface area contributed by atoms with Gasteiger partial charge in [-0.1, -0.05) is 26.2 Å². The first kappa shape index (κ1) is 10.6. The second kappa shape index (κ2) is 4.75. The predicted octanol–water partition coefficient (Wildman–Crippen LogP) is 1.86. The van der Waals surface area contributed by atoms with E-state index >= 15 is 0 Å². The van der Waals surface area contributed by atoms with Crippen LogP contribution in [0, 0.1) is 5.41 Å². The Balaban J connectivity index is 0. The van der Waals surface area contributed by atoms with Gasteiger partial charge in [-0.25, -0.2) is 10.2 Å². The number of nitrogens with one attached hydrogen (secondary N) is 1. The molecular weight excluding hydrogens is 118 g/mol. The maximum Gasteiger partial charge on any atom is 0.231 e. The minimum absolute atomic E-state index is 0.611. The van der Waals surface area contributed by atoms with E-state index < -0.39 is 8.07 Å². The Labute approximate surface area is 51.4 Å². The summed E-state index contributed by atoms with van der Waals surface area (Å²) in [6.07, 6.45) is 0.750. The van der Waals surface area contributed by atoms with Gasteiger partial charge >= 0.3 is 0 Å². The fourth-order valence-corrected chi connectivity index (χ4v) is 0. The molecule has 0 fully saturated rings. The Morgan fingerprint density at radius 1 is 1.25 bits per heavy atom. The van der Waals surface area contributed by atoms with Gasteiger partial charge in [0.05, 0.1) is 0 Å². The van der Waals surface area contributed by atoms with E-state index in [1.165, 1.54) is 0 Å². The summed E-state index contributed by atoms with van der Waals surface area (Å²) in [6, 6.07) is 0. The van der Waals surface area contributed by atoms with Crippen molar-refractivity contribution in [2.45, 2.75) is 26.2 Å². The smallest absolute Gasteiger partial charge is 0.222 e. The molecule has 0 atom stereocenters. The SMILES string of the molecule is C[Si](C)(C)C.N=C=O. The number of rotatable bonds is 0. The van der Waals surface area contributed by atoms with E-state index in [0.717, 1.165) is 6.08 Å². The quantitative estimate of drug-likeness (QED) is 0.304. The normalized spacial score (nSPS) is 8.50. The van der Waals surface area contributed by atoms with Crippen molar-refractivity contribution < 1.29 is 4.79 Å². The van der Waals surface area contributed by atoms with E-state index in [1.54, 1.807) is 0 Å². The molecule has 0 aliphatic carbocycles. The molecule has 0 amide bonds. The van der Waals surface area contributed by atoms with Crippen LogP contribution in [-0.4, -0.2) is 14.2 Å². The van der Waals surface area contributed by atoms with Gasteiger partial charge < -0.3 is 0 Å². The summed E-state index contributed by atoms with van der Waals surface area (Å²) >= 11 is 0. The summed E-state index contributed by atoms with van der Waals surface area (Å²) in [7, 11) is -0.611. The highest BCUT2D eigenvalue weighted by Gasteiger charge is 1.99. The first-order valence-corrected chi connectivity index (χ1v) is 6.45. The predicted molar refractivity (Wildman–Crippen MR) is 37.6 cm³/mol. The van der Waals surface area contributed by atoms with Gasteiger partial charge in [-0.15, -0.1) is 0 Å². The lowest BCUT2D eigenvalue weighted by Gasteiger charge is -2.01. The van der Waals surface area contributed by atoms with Crippen LogP contribution < -0.4 is 0 Å². The van der Waals surface area contributed by atoms with Gasteiger partial charge in [0.15, 0.2) is 0 Å². The first-order valence-electron chi connectivity index (χ1n) is 2.45. The maximum atomic E-state index is 8.35. The van der Waals surface area contributed by atoms with E-state index in [1.807, 2.05) is 0 Å². The Bertz CT molecular complexity index is 72.9. The molecule has 0 bridgehead atoms. The average molecular weight is 131 g/mol. The lowest BCUT2D eigenvalue weighted by molar-refractivity contribution is 0.563. The minimum atomic E-state index is -0.611. The Hall–Kier alpha value is -0.403. The largest absolute Gasteiger partial charge is 0.231 e. The minimum Gasteiger partial charge on any atom is -0.222 e. The van der Waals surface area contributed by atoms with Gasteiger partial charge in [0.25, 0.3) is 0 Å². The third-order valence-corrected chi connectivity index (χ3v) is 0. The van der Waals surface area contributed by atoms with Crippen molar-refractivity contribution in [3.63, 3.8) is 0 Å².